The standard InChI is InChI=1S/C7H9NO3S.H2O/c9-12(10,11)8-6-7-4-2-1-3-5-7;/h1-5,8H,6H2,(H,9,10,11);1H2. The van der Waals surface area contributed by atoms with Gasteiger partial charge in [0.15, 0.2) is 0 Å². The molecule has 0 spiro atoms. The van der Waals surface area contributed by atoms with Crippen LogP contribution in [0.15, 0.2) is 30.3 Å². The van der Waals surface area contributed by atoms with Gasteiger partial charge in [0.05, 0.1) is 0 Å². The molecule has 0 bridgehead atoms. The summed E-state index contributed by atoms with van der Waals surface area (Å²) in [5.41, 5.74) is 0.801. The Morgan fingerprint density at radius 2 is 1.77 bits per heavy atom. The van der Waals surface area contributed by atoms with E-state index in [1.807, 2.05) is 10.8 Å². The van der Waals surface area contributed by atoms with Crippen molar-refractivity contribution in [2.45, 2.75) is 6.54 Å². The van der Waals surface area contributed by atoms with Crippen molar-refractivity contribution in [1.82, 2.24) is 4.72 Å². The van der Waals surface area contributed by atoms with Crippen LogP contribution in [0.25, 0.3) is 0 Å². The molecule has 74 valence electrons. The van der Waals surface area contributed by atoms with Crippen molar-refractivity contribution in [2.24, 2.45) is 0 Å². The van der Waals surface area contributed by atoms with Crippen LogP contribution in [0.2, 0.25) is 0 Å². The third-order valence-corrected chi connectivity index (χ3v) is 1.81. The Kier molecular flexibility index (Phi) is 4.57. The zero-order chi connectivity index (χ0) is 9.03. The maximum Gasteiger partial charge on any atom is 0.333 e. The summed E-state index contributed by atoms with van der Waals surface area (Å²) in [6, 6.07) is 8.94. The second-order valence-corrected chi connectivity index (χ2v) is 3.52. The number of hydrogen-bond donors (Lipinski definition) is 2. The highest BCUT2D eigenvalue weighted by Crippen LogP contribution is 1.97. The first-order chi connectivity index (χ1) is 5.58. The maximum atomic E-state index is 10.2. The third kappa shape index (κ3) is 5.31. The van der Waals surface area contributed by atoms with E-state index in [0.717, 1.165) is 5.56 Å². The third-order valence-electron chi connectivity index (χ3n) is 1.30. The van der Waals surface area contributed by atoms with Gasteiger partial charge >= 0.3 is 10.3 Å². The van der Waals surface area contributed by atoms with Crippen molar-refractivity contribution >= 4 is 10.3 Å². The summed E-state index contributed by atoms with van der Waals surface area (Å²) in [5.74, 6) is 0. The smallest absolute Gasteiger partial charge is 0.333 e. The molecule has 6 heteroatoms. The Bertz CT molecular complexity index is 335. The summed E-state index contributed by atoms with van der Waals surface area (Å²) < 4.78 is 30.8. The number of hydrogen-bond acceptors (Lipinski definition) is 2. The van der Waals surface area contributed by atoms with Crippen LogP contribution >= 0.6 is 0 Å². The van der Waals surface area contributed by atoms with Gasteiger partial charge < -0.3 is 5.48 Å². The largest absolute Gasteiger partial charge is 0.412 e. The van der Waals surface area contributed by atoms with Crippen molar-refractivity contribution in [2.75, 3.05) is 0 Å². The quantitative estimate of drug-likeness (QED) is 0.666. The molecule has 13 heavy (non-hydrogen) atoms. The fourth-order valence-electron chi connectivity index (χ4n) is 0.770. The molecule has 0 saturated carbocycles. The molecule has 4 N–H and O–H groups in total. The molecule has 1 aromatic carbocycles. The van der Waals surface area contributed by atoms with E-state index in [9.17, 15) is 8.42 Å². The van der Waals surface area contributed by atoms with Crippen LogP contribution in [0.1, 0.15) is 5.56 Å². The molecular formula is C7H11NO4S. The minimum absolute atomic E-state index is 0. The predicted molar refractivity (Wildman–Crippen MR) is 48.4 cm³/mol. The van der Waals surface area contributed by atoms with E-state index < -0.39 is 10.3 Å². The van der Waals surface area contributed by atoms with Gasteiger partial charge in [0.2, 0.25) is 0 Å². The molecule has 0 aliphatic carbocycles. The van der Waals surface area contributed by atoms with Crippen molar-refractivity contribution < 1.29 is 18.4 Å². The monoisotopic (exact) mass is 205 g/mol. The maximum absolute atomic E-state index is 10.2. The van der Waals surface area contributed by atoms with Gasteiger partial charge in [-0.15, -0.1) is 0 Å². The van der Waals surface area contributed by atoms with Gasteiger partial charge in [0.1, 0.15) is 0 Å². The van der Waals surface area contributed by atoms with E-state index in [4.69, 9.17) is 4.55 Å². The van der Waals surface area contributed by atoms with Crippen molar-refractivity contribution in [3.63, 3.8) is 0 Å². The highest BCUT2D eigenvalue weighted by Gasteiger charge is 2.01. The fourth-order valence-corrected chi connectivity index (χ4v) is 1.12. The summed E-state index contributed by atoms with van der Waals surface area (Å²) in [4.78, 5) is 0. The van der Waals surface area contributed by atoms with Gasteiger partial charge in [-0.05, 0) is 5.56 Å². The Hall–Kier alpha value is -0.950. The number of nitrogens with one attached hydrogen (secondary N) is 1. The van der Waals surface area contributed by atoms with Gasteiger partial charge in [-0.25, -0.2) is 0 Å². The van der Waals surface area contributed by atoms with E-state index in [0.29, 0.717) is 0 Å². The number of benzene rings is 1. The molecule has 0 heterocycles. The van der Waals surface area contributed by atoms with Crippen LogP contribution in [-0.4, -0.2) is 18.4 Å². The van der Waals surface area contributed by atoms with Crippen LogP contribution in [0.3, 0.4) is 0 Å². The molecule has 1 rings (SSSR count). The Morgan fingerprint density at radius 3 is 2.23 bits per heavy atom. The lowest BCUT2D eigenvalue weighted by Crippen LogP contribution is -2.21. The van der Waals surface area contributed by atoms with Crippen LogP contribution in [0.5, 0.6) is 0 Å². The summed E-state index contributed by atoms with van der Waals surface area (Å²) >= 11 is 0. The molecule has 0 saturated heterocycles. The highest BCUT2D eigenvalue weighted by molar-refractivity contribution is 7.83. The normalized spacial score (nSPS) is 10.5. The Labute approximate surface area is 76.6 Å². The van der Waals surface area contributed by atoms with E-state index in [-0.39, 0.29) is 12.0 Å². The molecule has 1 aromatic rings. The van der Waals surface area contributed by atoms with Crippen LogP contribution in [-0.2, 0) is 16.8 Å². The number of rotatable bonds is 3. The lowest BCUT2D eigenvalue weighted by molar-refractivity contribution is 0.467. The molecule has 0 atom stereocenters. The second kappa shape index (κ2) is 4.93. The fraction of sp³-hybridized carbons (Fsp3) is 0.143. The van der Waals surface area contributed by atoms with Gasteiger partial charge in [-0.2, -0.15) is 13.1 Å². The minimum atomic E-state index is -4.07. The predicted octanol–water partition coefficient (Wildman–Crippen LogP) is -0.246. The van der Waals surface area contributed by atoms with Gasteiger partial charge in [0, 0.05) is 6.54 Å². The van der Waals surface area contributed by atoms with Crippen molar-refractivity contribution in [3.8, 4) is 0 Å². The van der Waals surface area contributed by atoms with Crippen molar-refractivity contribution in [1.29, 1.82) is 0 Å². The van der Waals surface area contributed by atoms with Crippen LogP contribution in [0, 0.1) is 0 Å². The average molecular weight is 205 g/mol. The molecule has 0 amide bonds. The first-order valence-electron chi connectivity index (χ1n) is 3.34. The van der Waals surface area contributed by atoms with Crippen molar-refractivity contribution in [3.05, 3.63) is 35.9 Å². The lowest BCUT2D eigenvalue weighted by atomic mass is 10.2. The van der Waals surface area contributed by atoms with Gasteiger partial charge in [-0.1, -0.05) is 30.3 Å². The topological polar surface area (TPSA) is 97.9 Å². The summed E-state index contributed by atoms with van der Waals surface area (Å²) in [7, 11) is -4.07. The average Bonchev–Trinajstić information content (AvgIpc) is 2.02. The molecule has 0 aromatic heterocycles. The molecular weight excluding hydrogens is 194 g/mol. The zero-order valence-corrected chi connectivity index (χ0v) is 7.58. The Morgan fingerprint density at radius 1 is 1.23 bits per heavy atom. The van der Waals surface area contributed by atoms with Gasteiger partial charge in [0.25, 0.3) is 0 Å². The molecule has 0 radical (unpaired) electrons. The highest BCUT2D eigenvalue weighted by atomic mass is 32.2. The summed E-state index contributed by atoms with van der Waals surface area (Å²) in [5, 5.41) is 0. The second-order valence-electron chi connectivity index (χ2n) is 2.28. The molecule has 5 nitrogen and oxygen atoms in total. The Balaban J connectivity index is 0.00000144. The zero-order valence-electron chi connectivity index (χ0n) is 6.77. The first-order valence-corrected chi connectivity index (χ1v) is 4.78. The molecule has 0 aliphatic rings. The molecule has 0 fully saturated rings. The summed E-state index contributed by atoms with van der Waals surface area (Å²) in [6.07, 6.45) is 0. The van der Waals surface area contributed by atoms with E-state index in [2.05, 4.69) is 0 Å². The minimum Gasteiger partial charge on any atom is -0.412 e. The van der Waals surface area contributed by atoms with Crippen LogP contribution in [0.4, 0.5) is 0 Å². The van der Waals surface area contributed by atoms with Crippen LogP contribution < -0.4 is 4.72 Å². The van der Waals surface area contributed by atoms with Gasteiger partial charge in [-0.3, -0.25) is 4.55 Å². The SMILES string of the molecule is O.O=S(=O)(O)NCc1ccccc1. The van der Waals surface area contributed by atoms with E-state index >= 15 is 0 Å². The molecule has 0 unspecified atom stereocenters. The summed E-state index contributed by atoms with van der Waals surface area (Å²) in [6.45, 7) is 0.111. The van der Waals surface area contributed by atoms with E-state index in [1.165, 1.54) is 0 Å². The first kappa shape index (κ1) is 12.0. The molecule has 0 aliphatic heterocycles. The lowest BCUT2D eigenvalue weighted by Gasteiger charge is -1.99. The van der Waals surface area contributed by atoms with E-state index in [1.54, 1.807) is 24.3 Å².